The summed E-state index contributed by atoms with van der Waals surface area (Å²) >= 11 is 1.34. The lowest BCUT2D eigenvalue weighted by Gasteiger charge is -2.29. The Morgan fingerprint density at radius 2 is 1.89 bits per heavy atom. The Balaban J connectivity index is 1.44. The Labute approximate surface area is 165 Å². The summed E-state index contributed by atoms with van der Waals surface area (Å²) in [6.45, 7) is 0.476. The van der Waals surface area contributed by atoms with Crippen LogP contribution in [0.15, 0.2) is 29.0 Å². The quantitative estimate of drug-likeness (QED) is 0.713. The molecule has 8 heteroatoms. The lowest BCUT2D eigenvalue weighted by Crippen LogP contribution is -2.42. The fourth-order valence-electron chi connectivity index (χ4n) is 4.19. The van der Waals surface area contributed by atoms with Crippen molar-refractivity contribution < 1.29 is 22.7 Å². The number of benzene rings is 1. The second kappa shape index (κ2) is 8.13. The zero-order valence-electron chi connectivity index (χ0n) is 15.1. The summed E-state index contributed by atoms with van der Waals surface area (Å²) in [5, 5.41) is 9.72. The third kappa shape index (κ3) is 4.17. The van der Waals surface area contributed by atoms with Gasteiger partial charge in [-0.05, 0) is 54.5 Å². The maximum atomic E-state index is 14.3. The van der Waals surface area contributed by atoms with Crippen LogP contribution >= 0.6 is 11.3 Å². The average molecular weight is 410 g/mol. The molecule has 1 aromatic carbocycles. The van der Waals surface area contributed by atoms with E-state index in [0.29, 0.717) is 36.2 Å². The number of thiophene rings is 1. The Morgan fingerprint density at radius 1 is 1.18 bits per heavy atom. The molecule has 0 aliphatic carbocycles. The summed E-state index contributed by atoms with van der Waals surface area (Å²) in [4.78, 5) is 12.4. The van der Waals surface area contributed by atoms with Crippen molar-refractivity contribution in [3.05, 3.63) is 57.5 Å². The van der Waals surface area contributed by atoms with Crippen molar-refractivity contribution in [1.82, 2.24) is 10.6 Å². The predicted molar refractivity (Wildman–Crippen MR) is 99.6 cm³/mol. The minimum Gasteiger partial charge on any atom is -0.436 e. The maximum absolute atomic E-state index is 14.3. The van der Waals surface area contributed by atoms with Crippen LogP contribution in [0, 0.1) is 23.4 Å². The fourth-order valence-corrected chi connectivity index (χ4v) is 4.87. The van der Waals surface area contributed by atoms with Gasteiger partial charge in [0, 0.05) is 35.8 Å². The second-order valence-corrected chi connectivity index (χ2v) is 8.27. The summed E-state index contributed by atoms with van der Waals surface area (Å²) in [7, 11) is 0. The molecule has 3 atom stereocenters. The minimum absolute atomic E-state index is 0.215. The minimum atomic E-state index is -1.28. The molecule has 4 nitrogen and oxygen atoms in total. The Bertz CT molecular complexity index is 834. The average Bonchev–Trinajstić information content (AvgIpc) is 3.31. The number of alkyl carbamates (subject to hydrolysis) is 1. The van der Waals surface area contributed by atoms with Gasteiger partial charge in [-0.1, -0.05) is 0 Å². The van der Waals surface area contributed by atoms with Crippen molar-refractivity contribution in [2.24, 2.45) is 5.92 Å². The number of rotatable bonds is 5. The number of hydrogen-bond donors (Lipinski definition) is 2. The van der Waals surface area contributed by atoms with E-state index in [2.05, 4.69) is 10.6 Å². The van der Waals surface area contributed by atoms with E-state index in [4.69, 9.17) is 4.74 Å². The number of carbonyl (C=O) groups is 1. The molecular weight excluding hydrogens is 389 g/mol. The van der Waals surface area contributed by atoms with E-state index in [1.54, 1.807) is 16.8 Å². The van der Waals surface area contributed by atoms with Gasteiger partial charge in [-0.2, -0.15) is 11.3 Å². The molecule has 2 aromatic rings. The van der Waals surface area contributed by atoms with Gasteiger partial charge < -0.3 is 15.4 Å². The summed E-state index contributed by atoms with van der Waals surface area (Å²) in [5.74, 6) is -3.06. The molecule has 2 bridgehead atoms. The first-order valence-electron chi connectivity index (χ1n) is 9.36. The van der Waals surface area contributed by atoms with Crippen molar-refractivity contribution in [1.29, 1.82) is 0 Å². The van der Waals surface area contributed by atoms with Crippen LogP contribution in [0.4, 0.5) is 18.0 Å². The first kappa shape index (κ1) is 19.3. The molecule has 2 aliphatic heterocycles. The van der Waals surface area contributed by atoms with Gasteiger partial charge >= 0.3 is 6.09 Å². The smallest absolute Gasteiger partial charge is 0.408 e. The largest absolute Gasteiger partial charge is 0.436 e. The molecule has 2 aliphatic rings. The van der Waals surface area contributed by atoms with Crippen LogP contribution < -0.4 is 10.6 Å². The number of nitrogens with one attached hydrogen (secondary N) is 2. The van der Waals surface area contributed by atoms with Crippen LogP contribution in [-0.4, -0.2) is 24.7 Å². The van der Waals surface area contributed by atoms with E-state index in [9.17, 15) is 18.0 Å². The monoisotopic (exact) mass is 410 g/mol. The van der Waals surface area contributed by atoms with E-state index in [1.165, 1.54) is 24.2 Å². The predicted octanol–water partition coefficient (Wildman–Crippen LogP) is 4.51. The summed E-state index contributed by atoms with van der Waals surface area (Å²) in [5.41, 5.74) is 0.289. The van der Waals surface area contributed by atoms with Gasteiger partial charge in [0.05, 0.1) is 0 Å². The van der Waals surface area contributed by atoms with Crippen molar-refractivity contribution in [3.8, 4) is 0 Å². The molecule has 4 rings (SSSR count). The third-order valence-corrected chi connectivity index (χ3v) is 6.20. The SMILES string of the molecule is O=C(NCC1CC2CCC(C1)N2)OC(c1ccsc1)c1cc(F)c(F)cc1F. The molecule has 3 unspecified atom stereocenters. The first-order valence-corrected chi connectivity index (χ1v) is 10.3. The molecular formula is C20H21F3N2O2S. The van der Waals surface area contributed by atoms with Gasteiger partial charge in [-0.3, -0.25) is 0 Å². The zero-order chi connectivity index (χ0) is 19.7. The van der Waals surface area contributed by atoms with Crippen molar-refractivity contribution >= 4 is 17.4 Å². The number of fused-ring (bicyclic) bond motifs is 2. The van der Waals surface area contributed by atoms with Crippen LogP contribution in [0.1, 0.15) is 42.9 Å². The zero-order valence-corrected chi connectivity index (χ0v) is 15.9. The molecule has 150 valence electrons. The Kier molecular flexibility index (Phi) is 5.59. The highest BCUT2D eigenvalue weighted by Gasteiger charge is 2.33. The number of halogens is 3. The highest BCUT2D eigenvalue weighted by molar-refractivity contribution is 7.08. The number of hydrogen-bond acceptors (Lipinski definition) is 4. The van der Waals surface area contributed by atoms with Crippen LogP contribution in [0.5, 0.6) is 0 Å². The standard InChI is InChI=1S/C20H21F3N2O2S/c21-16-8-18(23)17(22)7-15(16)19(12-3-4-28-10-12)27-20(26)24-9-11-5-13-1-2-14(6-11)25-13/h3-4,7-8,10-11,13-14,19,25H,1-2,5-6,9H2,(H,24,26). The van der Waals surface area contributed by atoms with Gasteiger partial charge in [0.1, 0.15) is 5.82 Å². The van der Waals surface area contributed by atoms with E-state index >= 15 is 0 Å². The molecule has 0 spiro atoms. The molecule has 2 saturated heterocycles. The van der Waals surface area contributed by atoms with Gasteiger partial charge in [0.2, 0.25) is 0 Å². The highest BCUT2D eigenvalue weighted by atomic mass is 32.1. The van der Waals surface area contributed by atoms with Crippen molar-refractivity contribution in [3.63, 3.8) is 0 Å². The topological polar surface area (TPSA) is 50.4 Å². The van der Waals surface area contributed by atoms with Gasteiger partial charge in [0.25, 0.3) is 0 Å². The van der Waals surface area contributed by atoms with Crippen LogP contribution in [0.25, 0.3) is 0 Å². The highest BCUT2D eigenvalue weighted by Crippen LogP contribution is 2.32. The number of ether oxygens (including phenoxy) is 1. The molecule has 2 N–H and O–H groups in total. The van der Waals surface area contributed by atoms with Gasteiger partial charge in [-0.15, -0.1) is 0 Å². The van der Waals surface area contributed by atoms with Crippen molar-refractivity contribution in [2.75, 3.05) is 6.54 Å². The summed E-state index contributed by atoms with van der Waals surface area (Å²) in [6.07, 6.45) is 2.49. The molecule has 1 amide bonds. The van der Waals surface area contributed by atoms with Crippen LogP contribution in [-0.2, 0) is 4.74 Å². The number of carbonyl (C=O) groups excluding carboxylic acids is 1. The van der Waals surface area contributed by atoms with Crippen LogP contribution in [0.2, 0.25) is 0 Å². The van der Waals surface area contributed by atoms with E-state index in [-0.39, 0.29) is 5.56 Å². The lowest BCUT2D eigenvalue weighted by atomic mass is 9.92. The number of piperidine rings is 1. The molecule has 2 fully saturated rings. The Morgan fingerprint density at radius 3 is 2.57 bits per heavy atom. The molecule has 3 heterocycles. The normalized spacial score (nSPS) is 24.8. The second-order valence-electron chi connectivity index (χ2n) is 7.49. The molecule has 0 saturated carbocycles. The maximum Gasteiger partial charge on any atom is 0.408 e. The lowest BCUT2D eigenvalue weighted by molar-refractivity contribution is 0.112. The van der Waals surface area contributed by atoms with E-state index in [0.717, 1.165) is 18.9 Å². The third-order valence-electron chi connectivity index (χ3n) is 5.50. The Hall–Kier alpha value is -2.06. The summed E-state index contributed by atoms with van der Waals surface area (Å²) < 4.78 is 46.7. The van der Waals surface area contributed by atoms with Crippen LogP contribution in [0.3, 0.4) is 0 Å². The van der Waals surface area contributed by atoms with E-state index in [1.807, 2.05) is 0 Å². The number of amides is 1. The molecule has 1 aromatic heterocycles. The molecule has 0 radical (unpaired) electrons. The van der Waals surface area contributed by atoms with Gasteiger partial charge in [0.15, 0.2) is 17.7 Å². The fraction of sp³-hybridized carbons (Fsp3) is 0.450. The van der Waals surface area contributed by atoms with Crippen molar-refractivity contribution in [2.45, 2.75) is 43.9 Å². The van der Waals surface area contributed by atoms with Gasteiger partial charge in [-0.25, -0.2) is 18.0 Å². The molecule has 28 heavy (non-hydrogen) atoms. The first-order chi connectivity index (χ1) is 13.5. The van der Waals surface area contributed by atoms with E-state index < -0.39 is 29.6 Å². The summed E-state index contributed by atoms with van der Waals surface area (Å²) in [6, 6.07) is 3.89.